The fourth-order valence-electron chi connectivity index (χ4n) is 4.85. The highest BCUT2D eigenvalue weighted by Gasteiger charge is 2.38. The van der Waals surface area contributed by atoms with Gasteiger partial charge in [-0.05, 0) is 18.2 Å². The first kappa shape index (κ1) is 29.7. The van der Waals surface area contributed by atoms with E-state index in [2.05, 4.69) is 9.42 Å². The van der Waals surface area contributed by atoms with E-state index in [4.69, 9.17) is 10.00 Å². The van der Waals surface area contributed by atoms with Crippen molar-refractivity contribution in [2.45, 2.75) is 4.21 Å². The first-order valence-corrected chi connectivity index (χ1v) is 16.4. The number of sulfonamides is 1. The van der Waals surface area contributed by atoms with Gasteiger partial charge in [-0.1, -0.05) is 0 Å². The van der Waals surface area contributed by atoms with E-state index in [9.17, 15) is 31.0 Å². The van der Waals surface area contributed by atoms with Crippen LogP contribution in [0.3, 0.4) is 0 Å². The summed E-state index contributed by atoms with van der Waals surface area (Å²) >= 11 is 0.266. The fraction of sp³-hybridized carbons (Fsp3) is 0.375. The molecule has 3 saturated heterocycles. The van der Waals surface area contributed by atoms with Crippen LogP contribution in [-0.4, -0.2) is 76.5 Å². The van der Waals surface area contributed by atoms with Crippen molar-refractivity contribution in [1.29, 1.82) is 5.26 Å². The minimum atomic E-state index is -4.99. The molecule has 0 spiro atoms. The lowest BCUT2D eigenvalue weighted by Crippen LogP contribution is -2.68. The Balaban J connectivity index is 1.30. The number of halogens is 4. The summed E-state index contributed by atoms with van der Waals surface area (Å²) in [5, 5.41) is 8.10. The van der Waals surface area contributed by atoms with E-state index in [1.54, 1.807) is 10.8 Å². The number of hydrogen-bond acceptors (Lipinski definition) is 9. The Kier molecular flexibility index (Phi) is 8.07. The van der Waals surface area contributed by atoms with Crippen LogP contribution in [0.25, 0.3) is 10.1 Å². The predicted octanol–water partition coefficient (Wildman–Crippen LogP) is 2.72. The van der Waals surface area contributed by atoms with Gasteiger partial charge >= 0.3 is 0 Å². The first-order valence-electron chi connectivity index (χ1n) is 12.3. The molecule has 2 aromatic carbocycles. The number of benzene rings is 2. The van der Waals surface area contributed by atoms with Gasteiger partial charge in [0, 0.05) is 31.1 Å². The van der Waals surface area contributed by atoms with Crippen molar-refractivity contribution < 1.29 is 49.2 Å². The Morgan fingerprint density at radius 3 is 2.41 bits per heavy atom. The summed E-state index contributed by atoms with van der Waals surface area (Å²) in [6, 6.07) is 4.85. The van der Waals surface area contributed by atoms with Crippen LogP contribution in [0.1, 0.15) is 5.56 Å². The second-order valence-corrected chi connectivity index (χ2v) is 14.5. The number of piperazine rings is 3. The van der Waals surface area contributed by atoms with E-state index in [0.717, 1.165) is 55.9 Å². The van der Waals surface area contributed by atoms with Crippen LogP contribution < -0.4 is 18.9 Å². The molecular weight excluding hydrogens is 611 g/mol. The molecule has 2 bridgehead atoms. The normalized spacial score (nSPS) is 21.9. The number of nitrogens with one attached hydrogen (secondary N) is 1. The molecule has 1 N–H and O–H groups in total. The molecule has 3 fully saturated rings. The van der Waals surface area contributed by atoms with E-state index in [0.29, 0.717) is 18.7 Å². The third-order valence-corrected chi connectivity index (χ3v) is 11.5. The molecule has 1 atom stereocenters. The van der Waals surface area contributed by atoms with E-state index in [-0.39, 0.29) is 23.5 Å². The van der Waals surface area contributed by atoms with Crippen molar-refractivity contribution in [1.82, 2.24) is 9.62 Å². The minimum absolute atomic E-state index is 0.0706. The molecule has 1 aromatic heterocycles. The summed E-state index contributed by atoms with van der Waals surface area (Å²) in [6.07, 6.45) is -1.29. The number of nitrogens with zero attached hydrogens (tertiary/aromatic N) is 3. The standard InChI is InChI=1S/C24H23F4N4O6PS2/c25-18-11-16(2-1-15(18)13-29)38-39(33,34)14-30-41(35,36)19-12-17-20(26)21(27)23(22(28)24(17)40-19)37-10-9-32-6-3-31(4-7-32)5-8-32/h1-2,11-12,30H,3-10,14H2. The molecule has 3 aliphatic heterocycles. The van der Waals surface area contributed by atoms with Crippen LogP contribution >= 0.6 is 18.9 Å². The van der Waals surface area contributed by atoms with E-state index < -0.39 is 73.0 Å². The summed E-state index contributed by atoms with van der Waals surface area (Å²) < 4.78 is 108. The Morgan fingerprint density at radius 1 is 1.10 bits per heavy atom. The van der Waals surface area contributed by atoms with Crippen molar-refractivity contribution in [3.05, 3.63) is 53.1 Å². The molecule has 0 amide bonds. The zero-order chi connectivity index (χ0) is 29.6. The minimum Gasteiger partial charge on any atom is -0.768 e. The molecule has 3 aromatic rings. The number of quaternary nitrogens is 1. The van der Waals surface area contributed by atoms with Crippen molar-refractivity contribution in [2.24, 2.45) is 0 Å². The van der Waals surface area contributed by atoms with Gasteiger partial charge in [-0.3, -0.25) is 9.46 Å². The number of nitriles is 1. The Bertz CT molecular complexity index is 1690. The van der Waals surface area contributed by atoms with Crippen LogP contribution in [0.4, 0.5) is 17.6 Å². The van der Waals surface area contributed by atoms with Crippen LogP contribution in [0.5, 0.6) is 11.5 Å². The van der Waals surface area contributed by atoms with E-state index >= 15 is 4.39 Å². The molecule has 1 unspecified atom stereocenters. The average Bonchev–Trinajstić information content (AvgIpc) is 3.41. The van der Waals surface area contributed by atoms with Crippen molar-refractivity contribution in [3.8, 4) is 17.6 Å². The van der Waals surface area contributed by atoms with E-state index in [1.807, 2.05) is 0 Å². The van der Waals surface area contributed by atoms with Crippen LogP contribution in [0, 0.1) is 34.6 Å². The Morgan fingerprint density at radius 2 is 1.78 bits per heavy atom. The molecule has 41 heavy (non-hydrogen) atoms. The molecule has 4 heterocycles. The second kappa shape index (κ2) is 11.1. The summed E-state index contributed by atoms with van der Waals surface area (Å²) in [4.78, 5) is 14.6. The van der Waals surface area contributed by atoms with Gasteiger partial charge in [0.15, 0.2) is 25.0 Å². The predicted molar refractivity (Wildman–Crippen MR) is 138 cm³/mol. The molecule has 10 nitrogen and oxygen atoms in total. The maximum atomic E-state index is 15.3. The van der Waals surface area contributed by atoms with Gasteiger partial charge in [0.05, 0.1) is 36.2 Å². The first-order chi connectivity index (χ1) is 19.3. The molecule has 3 aliphatic rings. The van der Waals surface area contributed by atoms with Crippen LogP contribution in [0.2, 0.25) is 0 Å². The number of hydrogen-bond donors (Lipinski definition) is 1. The highest BCUT2D eigenvalue weighted by atomic mass is 32.2. The third-order valence-electron chi connectivity index (χ3n) is 7.24. The van der Waals surface area contributed by atoms with Gasteiger partial charge in [0.25, 0.3) is 10.0 Å². The Labute approximate surface area is 236 Å². The van der Waals surface area contributed by atoms with Gasteiger partial charge in [0.1, 0.15) is 35.0 Å². The number of fused-ring (bicyclic) bond motifs is 4. The third kappa shape index (κ3) is 6.07. The molecule has 0 saturated carbocycles. The molecular formula is C24H23F4N4O6PS2. The van der Waals surface area contributed by atoms with Crippen molar-refractivity contribution in [2.75, 3.05) is 58.7 Å². The van der Waals surface area contributed by atoms with Gasteiger partial charge in [-0.2, -0.15) is 9.65 Å². The van der Waals surface area contributed by atoms with Crippen molar-refractivity contribution >= 4 is 39.0 Å². The number of ether oxygens (including phenoxy) is 1. The molecule has 6 rings (SSSR count). The van der Waals surface area contributed by atoms with Gasteiger partial charge in [-0.15, -0.1) is 11.3 Å². The maximum Gasteiger partial charge on any atom is 0.250 e. The summed E-state index contributed by atoms with van der Waals surface area (Å²) in [5.74, 6) is -6.87. The van der Waals surface area contributed by atoms with Crippen LogP contribution in [0.15, 0.2) is 28.5 Å². The average molecular weight is 635 g/mol. The second-order valence-electron chi connectivity index (χ2n) is 9.77. The maximum absolute atomic E-state index is 15.3. The van der Waals surface area contributed by atoms with Gasteiger partial charge in [-0.25, -0.2) is 26.3 Å². The zero-order valence-corrected chi connectivity index (χ0v) is 23.8. The highest BCUT2D eigenvalue weighted by Crippen LogP contribution is 2.41. The number of rotatable bonds is 10. The quantitative estimate of drug-likeness (QED) is 0.156. The lowest BCUT2D eigenvalue weighted by atomic mass is 10.1. The molecule has 0 aliphatic carbocycles. The SMILES string of the molecule is N#Cc1ccc(OP(=O)([O-])CNS(=O)(=O)c2cc3c(F)c(F)c(OCC[N+]45CCN(CC4)CC5)c(F)c3s2)cc1F. The fourth-order valence-corrected chi connectivity index (χ4v) is 8.76. The zero-order valence-electron chi connectivity index (χ0n) is 21.2. The van der Waals surface area contributed by atoms with E-state index in [1.165, 1.54) is 0 Å². The smallest absolute Gasteiger partial charge is 0.250 e. The lowest BCUT2D eigenvalue weighted by molar-refractivity contribution is -0.940. The number of thiophene rings is 1. The molecule has 0 radical (unpaired) electrons. The van der Waals surface area contributed by atoms with Gasteiger partial charge in [0.2, 0.25) is 5.82 Å². The largest absolute Gasteiger partial charge is 0.768 e. The van der Waals surface area contributed by atoms with Crippen LogP contribution in [-0.2, 0) is 14.6 Å². The lowest BCUT2D eigenvalue weighted by Gasteiger charge is -2.50. The monoisotopic (exact) mass is 634 g/mol. The van der Waals surface area contributed by atoms with Crippen molar-refractivity contribution in [3.63, 3.8) is 0 Å². The van der Waals surface area contributed by atoms with Gasteiger partial charge < -0.3 is 18.6 Å². The molecule has 220 valence electrons. The highest BCUT2D eigenvalue weighted by molar-refractivity contribution is 7.92. The summed E-state index contributed by atoms with van der Waals surface area (Å²) in [5.41, 5.74) is -0.360. The summed E-state index contributed by atoms with van der Waals surface area (Å²) in [7, 11) is -9.66. The topological polar surface area (TPSA) is 132 Å². The summed E-state index contributed by atoms with van der Waals surface area (Å²) in [6.45, 7) is 5.82. The molecule has 17 heteroatoms. The Hall–Kier alpha value is -2.77.